The van der Waals surface area contributed by atoms with Gasteiger partial charge in [0.15, 0.2) is 9.84 Å². The molecule has 3 aromatic carbocycles. The van der Waals surface area contributed by atoms with Gasteiger partial charge in [-0.25, -0.2) is 8.42 Å². The number of nitrogens with zero attached hydrogens (tertiary/aromatic N) is 1. The molecule has 0 spiro atoms. The molecule has 0 fully saturated rings. The second kappa shape index (κ2) is 8.91. The lowest BCUT2D eigenvalue weighted by Gasteiger charge is -2.17. The molecule has 5 N–H and O–H groups in total. The highest BCUT2D eigenvalue weighted by atomic mass is 32.2. The van der Waals surface area contributed by atoms with Crippen molar-refractivity contribution in [2.24, 2.45) is 5.18 Å². The standard InChI is InChI=1S/C18H17N3O8S3/c22-7-8-31(25,26)11-3-1-10(2-4-11)19-20-16-15(32(27,28)29)9-13-12(17(16)23)5-6-14(21-24)18(13)30/h1-6,9,19-20,22-23,30H,7-8H2,(H,27,28,29). The minimum absolute atomic E-state index is 0.0110. The predicted molar refractivity (Wildman–Crippen MR) is 121 cm³/mol. The quantitative estimate of drug-likeness (QED) is 0.0886. The monoisotopic (exact) mass is 499 g/mol. The Kier molecular flexibility index (Phi) is 6.61. The van der Waals surface area contributed by atoms with E-state index in [1.165, 1.54) is 36.4 Å². The number of anilines is 2. The van der Waals surface area contributed by atoms with Gasteiger partial charge < -0.3 is 15.6 Å². The normalized spacial score (nSPS) is 12.0. The lowest BCUT2D eigenvalue weighted by Crippen LogP contribution is -2.14. The molecule has 0 saturated carbocycles. The molecule has 0 heterocycles. The van der Waals surface area contributed by atoms with Crippen LogP contribution in [0, 0.1) is 4.91 Å². The van der Waals surface area contributed by atoms with Crippen molar-refractivity contribution >= 4 is 60.4 Å². The van der Waals surface area contributed by atoms with Crippen LogP contribution in [0.3, 0.4) is 0 Å². The van der Waals surface area contributed by atoms with E-state index in [1.54, 1.807) is 0 Å². The number of hydrogen-bond donors (Lipinski definition) is 6. The van der Waals surface area contributed by atoms with Crippen LogP contribution in [0.25, 0.3) is 10.8 Å². The molecule has 0 aliphatic carbocycles. The summed E-state index contributed by atoms with van der Waals surface area (Å²) in [4.78, 5) is 10.2. The van der Waals surface area contributed by atoms with Crippen molar-refractivity contribution in [1.82, 2.24) is 0 Å². The number of fused-ring (bicyclic) bond motifs is 1. The average Bonchev–Trinajstić information content (AvgIpc) is 2.73. The summed E-state index contributed by atoms with van der Waals surface area (Å²) < 4.78 is 57.4. The molecule has 170 valence electrons. The zero-order valence-electron chi connectivity index (χ0n) is 16.0. The van der Waals surface area contributed by atoms with Crippen LogP contribution in [0.4, 0.5) is 17.1 Å². The molecule has 0 atom stereocenters. The highest BCUT2D eigenvalue weighted by Gasteiger charge is 2.23. The summed E-state index contributed by atoms with van der Waals surface area (Å²) in [7, 11) is -8.48. The Hall–Kier alpha value is -2.91. The maximum absolute atomic E-state index is 12.0. The molecular weight excluding hydrogens is 482 g/mol. The predicted octanol–water partition coefficient (Wildman–Crippen LogP) is 2.68. The highest BCUT2D eigenvalue weighted by molar-refractivity contribution is 7.91. The van der Waals surface area contributed by atoms with Crippen molar-refractivity contribution in [3.8, 4) is 5.75 Å². The lowest BCUT2D eigenvalue weighted by atomic mass is 10.1. The van der Waals surface area contributed by atoms with Crippen molar-refractivity contribution < 1.29 is 31.6 Å². The first kappa shape index (κ1) is 23.7. The molecule has 32 heavy (non-hydrogen) atoms. The van der Waals surface area contributed by atoms with Gasteiger partial charge in [0.2, 0.25) is 0 Å². The number of thiol groups is 1. The summed E-state index contributed by atoms with van der Waals surface area (Å²) in [5.74, 6) is -0.993. The van der Waals surface area contributed by atoms with Gasteiger partial charge in [-0.05, 0) is 47.6 Å². The molecule has 0 saturated heterocycles. The molecule has 11 nitrogen and oxygen atoms in total. The molecule has 0 amide bonds. The number of nitroso groups, excluding NO2 is 1. The fourth-order valence-electron chi connectivity index (χ4n) is 2.92. The van der Waals surface area contributed by atoms with Crippen molar-refractivity contribution in [3.05, 3.63) is 47.4 Å². The fraction of sp³-hybridized carbons (Fsp3) is 0.111. The van der Waals surface area contributed by atoms with Gasteiger partial charge in [-0.2, -0.15) is 8.42 Å². The molecule has 0 radical (unpaired) electrons. The Balaban J connectivity index is 2.02. The Morgan fingerprint density at radius 1 is 0.969 bits per heavy atom. The van der Waals surface area contributed by atoms with Crippen LogP contribution in [-0.2, 0) is 20.0 Å². The summed E-state index contributed by atoms with van der Waals surface area (Å²) in [5.41, 5.74) is 4.92. The van der Waals surface area contributed by atoms with E-state index in [9.17, 15) is 31.4 Å². The second-order valence-corrected chi connectivity index (χ2v) is 10.5. The first-order valence-corrected chi connectivity index (χ1v) is 12.3. The van der Waals surface area contributed by atoms with Gasteiger partial charge in [0, 0.05) is 15.7 Å². The van der Waals surface area contributed by atoms with Crippen LogP contribution in [0.15, 0.2) is 62.3 Å². The number of sulfone groups is 1. The van der Waals surface area contributed by atoms with Crippen molar-refractivity contribution in [1.29, 1.82) is 0 Å². The Bertz CT molecular complexity index is 1410. The number of aliphatic hydroxyl groups excluding tert-OH is 1. The zero-order chi connectivity index (χ0) is 23.7. The molecule has 0 bridgehead atoms. The third-order valence-electron chi connectivity index (χ3n) is 4.49. The molecule has 3 rings (SSSR count). The smallest absolute Gasteiger partial charge is 0.296 e. The van der Waals surface area contributed by atoms with Gasteiger partial charge in [0.1, 0.15) is 22.0 Å². The molecule has 14 heteroatoms. The first-order valence-electron chi connectivity index (χ1n) is 8.78. The van der Waals surface area contributed by atoms with E-state index in [0.29, 0.717) is 5.69 Å². The molecule has 0 aliphatic heterocycles. The summed E-state index contributed by atoms with van der Waals surface area (Å²) in [6, 6.07) is 8.94. The minimum atomic E-state index is -4.83. The van der Waals surface area contributed by atoms with Gasteiger partial charge in [-0.3, -0.25) is 9.98 Å². The van der Waals surface area contributed by atoms with E-state index in [4.69, 9.17) is 5.11 Å². The van der Waals surface area contributed by atoms with E-state index >= 15 is 0 Å². The molecule has 0 unspecified atom stereocenters. The van der Waals surface area contributed by atoms with E-state index in [0.717, 1.165) is 6.07 Å². The first-order chi connectivity index (χ1) is 15.0. The summed E-state index contributed by atoms with van der Waals surface area (Å²) in [5, 5.41) is 22.5. The van der Waals surface area contributed by atoms with E-state index in [2.05, 4.69) is 28.7 Å². The van der Waals surface area contributed by atoms with Gasteiger partial charge in [-0.1, -0.05) is 0 Å². The number of aromatic hydroxyl groups is 1. The number of phenols is 1. The highest BCUT2D eigenvalue weighted by Crippen LogP contribution is 2.43. The third-order valence-corrected chi connectivity index (χ3v) is 7.55. The second-order valence-electron chi connectivity index (χ2n) is 6.51. The van der Waals surface area contributed by atoms with Gasteiger partial charge >= 0.3 is 0 Å². The molecular formula is C18H17N3O8S3. The summed E-state index contributed by atoms with van der Waals surface area (Å²) in [6.07, 6.45) is 0. The zero-order valence-corrected chi connectivity index (χ0v) is 18.6. The van der Waals surface area contributed by atoms with Crippen LogP contribution < -0.4 is 10.9 Å². The van der Waals surface area contributed by atoms with Crippen LogP contribution in [-0.4, -0.2) is 44.0 Å². The summed E-state index contributed by atoms with van der Waals surface area (Å²) in [6.45, 7) is -0.526. The van der Waals surface area contributed by atoms with E-state index in [-0.39, 0.29) is 26.3 Å². The van der Waals surface area contributed by atoms with E-state index in [1.807, 2.05) is 0 Å². The molecule has 0 aromatic heterocycles. The number of benzene rings is 3. The SMILES string of the molecule is O=Nc1ccc2c(O)c(NNc3ccc(S(=O)(=O)CCO)cc3)c(S(=O)(=O)O)cc2c1S. The van der Waals surface area contributed by atoms with Crippen molar-refractivity contribution in [2.75, 3.05) is 23.2 Å². The number of nitrogens with one attached hydrogen (secondary N) is 2. The van der Waals surface area contributed by atoms with Crippen molar-refractivity contribution in [2.45, 2.75) is 14.7 Å². The Labute approximate surface area is 188 Å². The lowest BCUT2D eigenvalue weighted by molar-refractivity contribution is 0.319. The number of phenolic OH excluding ortho intramolecular Hbond substituents is 1. The average molecular weight is 500 g/mol. The van der Waals surface area contributed by atoms with Crippen LogP contribution in [0.1, 0.15) is 0 Å². The maximum atomic E-state index is 12.0. The number of rotatable bonds is 8. The molecule has 0 aliphatic rings. The largest absolute Gasteiger partial charge is 0.505 e. The summed E-state index contributed by atoms with van der Waals surface area (Å²) >= 11 is 4.14. The fourth-order valence-corrected chi connectivity index (χ4v) is 4.92. The minimum Gasteiger partial charge on any atom is -0.505 e. The molecule has 3 aromatic rings. The van der Waals surface area contributed by atoms with Gasteiger partial charge in [-0.15, -0.1) is 17.5 Å². The number of aliphatic hydroxyl groups is 1. The Morgan fingerprint density at radius 3 is 2.19 bits per heavy atom. The van der Waals surface area contributed by atoms with Crippen LogP contribution in [0.5, 0.6) is 5.75 Å². The van der Waals surface area contributed by atoms with Gasteiger partial charge in [0.05, 0.1) is 22.9 Å². The van der Waals surface area contributed by atoms with Crippen LogP contribution in [0.2, 0.25) is 0 Å². The van der Waals surface area contributed by atoms with Crippen molar-refractivity contribution in [3.63, 3.8) is 0 Å². The Morgan fingerprint density at radius 2 is 1.62 bits per heavy atom. The van der Waals surface area contributed by atoms with Crippen LogP contribution >= 0.6 is 12.6 Å². The number of hydrogen-bond acceptors (Lipinski definition) is 11. The van der Waals surface area contributed by atoms with E-state index < -0.39 is 48.6 Å². The maximum Gasteiger partial charge on any atom is 0.296 e. The number of hydrazine groups is 1. The topological polar surface area (TPSA) is 182 Å². The van der Waals surface area contributed by atoms with Gasteiger partial charge in [0.25, 0.3) is 10.1 Å². The third kappa shape index (κ3) is 4.63.